The molecule has 0 amide bonds. The molecule has 0 saturated carbocycles. The smallest absolute Gasteiger partial charge is 0.310 e. The molecule has 3 rings (SSSR count). The van der Waals surface area contributed by atoms with Crippen LogP contribution in [-0.2, 0) is 11.2 Å². The zero-order valence-corrected chi connectivity index (χ0v) is 17.8. The summed E-state index contributed by atoms with van der Waals surface area (Å²) >= 11 is 0. The van der Waals surface area contributed by atoms with E-state index >= 15 is 0 Å². The van der Waals surface area contributed by atoms with E-state index in [0.717, 1.165) is 54.4 Å². The van der Waals surface area contributed by atoms with Crippen LogP contribution in [0.4, 0.5) is 0 Å². The second-order valence-corrected chi connectivity index (χ2v) is 7.75. The maximum atomic E-state index is 11.7. The molecule has 0 aliphatic carbocycles. The summed E-state index contributed by atoms with van der Waals surface area (Å²) in [6.45, 7) is 4.30. The molecule has 4 heteroatoms. The van der Waals surface area contributed by atoms with Crippen LogP contribution in [0, 0.1) is 0 Å². The number of hydrogen-bond acceptors (Lipinski definition) is 3. The molecule has 1 atom stereocenters. The molecule has 0 fully saturated rings. The first-order chi connectivity index (χ1) is 14.6. The number of unbranched alkanes of at least 4 members (excludes halogenated alkanes) is 2. The van der Waals surface area contributed by atoms with Gasteiger partial charge in [0.15, 0.2) is 5.82 Å². The first-order valence-electron chi connectivity index (χ1n) is 10.9. The number of aliphatic carboxylic acids is 1. The van der Waals surface area contributed by atoms with Gasteiger partial charge in [0, 0.05) is 23.5 Å². The fourth-order valence-corrected chi connectivity index (χ4v) is 3.67. The Morgan fingerprint density at radius 3 is 2.03 bits per heavy atom. The monoisotopic (exact) mass is 402 g/mol. The Labute approximate surface area is 179 Å². The minimum atomic E-state index is -0.753. The minimum absolute atomic E-state index is 0.445. The predicted octanol–water partition coefficient (Wildman–Crippen LogP) is 6.51. The van der Waals surface area contributed by atoms with Crippen LogP contribution in [0.1, 0.15) is 63.0 Å². The van der Waals surface area contributed by atoms with Crippen molar-refractivity contribution in [1.29, 1.82) is 0 Å². The van der Waals surface area contributed by atoms with E-state index in [9.17, 15) is 9.90 Å². The quantitative estimate of drug-likeness (QED) is 0.393. The molecule has 30 heavy (non-hydrogen) atoms. The molecule has 156 valence electrons. The average molecular weight is 403 g/mol. The fourth-order valence-electron chi connectivity index (χ4n) is 3.67. The Morgan fingerprint density at radius 2 is 1.47 bits per heavy atom. The summed E-state index contributed by atoms with van der Waals surface area (Å²) in [4.78, 5) is 20.7. The highest BCUT2D eigenvalue weighted by Crippen LogP contribution is 2.27. The standard InChI is InChI=1S/C26H30N2O2/c1-3-5-6-8-24(26(29)30)21-15-13-20(14-16-21)23-17-27-25(28-18-23)22-11-9-19(7-4-2)10-12-22/h9-18,24H,3-8H2,1-2H3,(H,29,30). The van der Waals surface area contributed by atoms with Crippen LogP contribution in [0.5, 0.6) is 0 Å². The van der Waals surface area contributed by atoms with Crippen LogP contribution in [0.15, 0.2) is 60.9 Å². The molecule has 1 unspecified atom stereocenters. The van der Waals surface area contributed by atoms with E-state index in [0.29, 0.717) is 12.2 Å². The largest absolute Gasteiger partial charge is 0.481 e. The lowest BCUT2D eigenvalue weighted by Crippen LogP contribution is -2.11. The molecule has 1 heterocycles. The van der Waals surface area contributed by atoms with E-state index in [2.05, 4.69) is 48.1 Å². The predicted molar refractivity (Wildman–Crippen MR) is 121 cm³/mol. The summed E-state index contributed by atoms with van der Waals surface area (Å²) in [5, 5.41) is 9.58. The topological polar surface area (TPSA) is 63.1 Å². The van der Waals surface area contributed by atoms with Gasteiger partial charge in [0.2, 0.25) is 0 Å². The maximum Gasteiger partial charge on any atom is 0.310 e. The van der Waals surface area contributed by atoms with Crippen molar-refractivity contribution in [2.45, 2.75) is 58.3 Å². The van der Waals surface area contributed by atoms with Crippen LogP contribution < -0.4 is 0 Å². The summed E-state index contributed by atoms with van der Waals surface area (Å²) in [5.41, 5.74) is 5.10. The highest BCUT2D eigenvalue weighted by molar-refractivity contribution is 5.76. The maximum absolute atomic E-state index is 11.7. The Balaban J connectivity index is 1.72. The third-order valence-electron chi connectivity index (χ3n) is 5.44. The third-order valence-corrected chi connectivity index (χ3v) is 5.44. The number of hydrogen-bond donors (Lipinski definition) is 1. The van der Waals surface area contributed by atoms with Gasteiger partial charge in [0.05, 0.1) is 5.92 Å². The number of aryl methyl sites for hydroxylation is 1. The molecule has 4 nitrogen and oxygen atoms in total. The fraction of sp³-hybridized carbons (Fsp3) is 0.346. The Morgan fingerprint density at radius 1 is 0.833 bits per heavy atom. The molecule has 0 spiro atoms. The zero-order valence-electron chi connectivity index (χ0n) is 17.8. The van der Waals surface area contributed by atoms with Crippen LogP contribution in [0.3, 0.4) is 0 Å². The van der Waals surface area contributed by atoms with Crippen LogP contribution in [0.2, 0.25) is 0 Å². The van der Waals surface area contributed by atoms with Crippen molar-refractivity contribution in [3.05, 3.63) is 72.1 Å². The zero-order chi connectivity index (χ0) is 21.3. The van der Waals surface area contributed by atoms with Gasteiger partial charge in [-0.2, -0.15) is 0 Å². The van der Waals surface area contributed by atoms with Crippen molar-refractivity contribution in [3.8, 4) is 22.5 Å². The molecule has 1 aromatic heterocycles. The molecular weight excluding hydrogens is 372 g/mol. The summed E-state index contributed by atoms with van der Waals surface area (Å²) < 4.78 is 0. The summed E-state index contributed by atoms with van der Waals surface area (Å²) in [6, 6.07) is 16.2. The normalized spacial score (nSPS) is 11.9. The van der Waals surface area contributed by atoms with Crippen LogP contribution in [-0.4, -0.2) is 21.0 Å². The number of aromatic nitrogens is 2. The van der Waals surface area contributed by atoms with Gasteiger partial charge in [-0.15, -0.1) is 0 Å². The Kier molecular flexibility index (Phi) is 7.72. The van der Waals surface area contributed by atoms with Crippen molar-refractivity contribution in [1.82, 2.24) is 9.97 Å². The first-order valence-corrected chi connectivity index (χ1v) is 10.9. The number of benzene rings is 2. The van der Waals surface area contributed by atoms with Crippen molar-refractivity contribution < 1.29 is 9.90 Å². The molecular formula is C26H30N2O2. The molecule has 0 saturated heterocycles. The number of nitrogens with zero attached hydrogens (tertiary/aromatic N) is 2. The average Bonchev–Trinajstić information content (AvgIpc) is 2.78. The van der Waals surface area contributed by atoms with Crippen LogP contribution >= 0.6 is 0 Å². The number of carbonyl (C=O) groups is 1. The molecule has 0 aliphatic heterocycles. The van der Waals surface area contributed by atoms with E-state index < -0.39 is 11.9 Å². The summed E-state index contributed by atoms with van der Waals surface area (Å²) in [7, 11) is 0. The Hall–Kier alpha value is -3.01. The lowest BCUT2D eigenvalue weighted by Gasteiger charge is -2.13. The van der Waals surface area contributed by atoms with E-state index in [1.807, 2.05) is 36.7 Å². The van der Waals surface area contributed by atoms with Crippen molar-refractivity contribution in [2.24, 2.45) is 0 Å². The summed E-state index contributed by atoms with van der Waals surface area (Å²) in [5.74, 6) is -0.489. The van der Waals surface area contributed by atoms with E-state index in [4.69, 9.17) is 0 Å². The molecule has 0 radical (unpaired) electrons. The molecule has 2 aromatic carbocycles. The third kappa shape index (κ3) is 5.53. The lowest BCUT2D eigenvalue weighted by atomic mass is 9.92. The van der Waals surface area contributed by atoms with Crippen molar-refractivity contribution in [2.75, 3.05) is 0 Å². The molecule has 0 bridgehead atoms. The van der Waals surface area contributed by atoms with Crippen molar-refractivity contribution >= 4 is 5.97 Å². The molecule has 3 aromatic rings. The van der Waals surface area contributed by atoms with Gasteiger partial charge in [-0.05, 0) is 29.5 Å². The second-order valence-electron chi connectivity index (χ2n) is 7.75. The molecule has 1 N–H and O–H groups in total. The van der Waals surface area contributed by atoms with E-state index in [1.54, 1.807) is 0 Å². The van der Waals surface area contributed by atoms with Gasteiger partial charge < -0.3 is 5.11 Å². The Bertz CT molecular complexity index is 932. The second kappa shape index (κ2) is 10.7. The highest BCUT2D eigenvalue weighted by atomic mass is 16.4. The van der Waals surface area contributed by atoms with Gasteiger partial charge in [0.1, 0.15) is 0 Å². The number of carboxylic acid groups (broad SMARTS) is 1. The van der Waals surface area contributed by atoms with E-state index in [-0.39, 0.29) is 0 Å². The number of rotatable bonds is 10. The van der Waals surface area contributed by atoms with Gasteiger partial charge in [-0.3, -0.25) is 4.79 Å². The van der Waals surface area contributed by atoms with E-state index in [1.165, 1.54) is 5.56 Å². The molecule has 0 aliphatic rings. The number of carboxylic acids is 1. The van der Waals surface area contributed by atoms with Gasteiger partial charge in [0.25, 0.3) is 0 Å². The SMILES string of the molecule is CCCCCC(C(=O)O)c1ccc(-c2cnc(-c3ccc(CCC)cc3)nc2)cc1. The summed E-state index contributed by atoms with van der Waals surface area (Å²) in [6.07, 6.45) is 9.63. The van der Waals surface area contributed by atoms with Gasteiger partial charge in [-0.25, -0.2) is 9.97 Å². The highest BCUT2D eigenvalue weighted by Gasteiger charge is 2.19. The van der Waals surface area contributed by atoms with Gasteiger partial charge >= 0.3 is 5.97 Å². The van der Waals surface area contributed by atoms with Gasteiger partial charge in [-0.1, -0.05) is 88.1 Å². The first kappa shape index (κ1) is 21.7. The van der Waals surface area contributed by atoms with Crippen LogP contribution in [0.25, 0.3) is 22.5 Å². The van der Waals surface area contributed by atoms with Crippen molar-refractivity contribution in [3.63, 3.8) is 0 Å². The minimum Gasteiger partial charge on any atom is -0.481 e. The lowest BCUT2D eigenvalue weighted by molar-refractivity contribution is -0.139.